The first-order valence-corrected chi connectivity index (χ1v) is 14.9. The number of Topliss-reactive ketones (excluding diaryl/α,β-unsaturated/α-hetero) is 2. The van der Waals surface area contributed by atoms with Gasteiger partial charge in [-0.25, -0.2) is 0 Å². The molecule has 3 amide bonds. The molecule has 1 aromatic rings. The number of allylic oxidation sites excluding steroid dienone is 1. The van der Waals surface area contributed by atoms with E-state index < -0.39 is 64.0 Å². The number of aliphatic hydroxyl groups excluding tert-OH is 2. The van der Waals surface area contributed by atoms with Gasteiger partial charge in [-0.2, -0.15) is 0 Å². The monoisotopic (exact) mass is 641 g/mol. The van der Waals surface area contributed by atoms with Crippen molar-refractivity contribution in [3.8, 4) is 5.75 Å². The quantitative estimate of drug-likeness (QED) is 0.231. The Morgan fingerprint density at radius 1 is 1.11 bits per heavy atom. The lowest BCUT2D eigenvalue weighted by atomic mass is 9.58. The van der Waals surface area contributed by atoms with E-state index in [2.05, 4.69) is 10.6 Å². The summed E-state index contributed by atoms with van der Waals surface area (Å²) in [6.07, 6.45) is 0.167. The summed E-state index contributed by atoms with van der Waals surface area (Å²) in [6, 6.07) is 0.576. The Kier molecular flexibility index (Phi) is 9.14. The number of benzene rings is 1. The van der Waals surface area contributed by atoms with Gasteiger partial charge >= 0.3 is 0 Å². The molecule has 0 fully saturated rings. The van der Waals surface area contributed by atoms with Crippen molar-refractivity contribution in [3.63, 3.8) is 0 Å². The fourth-order valence-electron chi connectivity index (χ4n) is 6.73. The minimum Gasteiger partial charge on any atom is -0.510 e. The summed E-state index contributed by atoms with van der Waals surface area (Å²) in [7, 11) is 8.03. The number of imide groups is 1. The lowest BCUT2D eigenvalue weighted by Gasteiger charge is -2.50. The maximum absolute atomic E-state index is 14.4. The van der Waals surface area contributed by atoms with Crippen LogP contribution >= 0.6 is 0 Å². The molecule has 250 valence electrons. The van der Waals surface area contributed by atoms with Gasteiger partial charge in [0.15, 0.2) is 17.1 Å². The molecule has 0 radical (unpaired) electrons. The number of amides is 3. The largest absolute Gasteiger partial charge is 0.510 e. The Hall–Kier alpha value is -4.27. The standard InChI is InChI=1S/C32H43N5O9/c1-14(38)34-30(44)23-26(41)24(37(7)8)17-11-15-10-16-19(36(5)6)12-18(35-20(39)13-33-31(2,3)4)27(46-9)22(16)25(40)21(15)28(42)32(17,45)29(23)43/h12,15,17,24,33,41-42,45H,10-11,13H2,1-9H3,(H,35,39)(H,34,38,44)/t15-,17-,24-,32-/m0/s1. The predicted octanol–water partition coefficient (Wildman–Crippen LogP) is 0.994. The molecule has 14 nitrogen and oxygen atoms in total. The van der Waals surface area contributed by atoms with Crippen molar-refractivity contribution < 1.29 is 44.0 Å². The molecule has 1 aromatic carbocycles. The Morgan fingerprint density at radius 3 is 2.26 bits per heavy atom. The maximum Gasteiger partial charge on any atom is 0.265 e. The topological polar surface area (TPSA) is 198 Å². The van der Waals surface area contributed by atoms with E-state index in [9.17, 15) is 39.3 Å². The third-order valence-corrected chi connectivity index (χ3v) is 8.69. The molecule has 0 aliphatic heterocycles. The van der Waals surface area contributed by atoms with Crippen LogP contribution in [0.3, 0.4) is 0 Å². The molecular formula is C32H43N5O9. The summed E-state index contributed by atoms with van der Waals surface area (Å²) in [5, 5.41) is 42.8. The molecule has 0 unspecified atom stereocenters. The number of nitrogens with zero attached hydrogens (tertiary/aromatic N) is 2. The van der Waals surface area contributed by atoms with Gasteiger partial charge in [-0.1, -0.05) is 0 Å². The summed E-state index contributed by atoms with van der Waals surface area (Å²) in [5.74, 6) is -7.88. The first kappa shape index (κ1) is 34.6. The zero-order valence-corrected chi connectivity index (χ0v) is 27.6. The van der Waals surface area contributed by atoms with Crippen molar-refractivity contribution >= 4 is 40.7 Å². The fraction of sp³-hybridized carbons (Fsp3) is 0.531. The lowest BCUT2D eigenvalue weighted by Crippen LogP contribution is -2.64. The Morgan fingerprint density at radius 2 is 1.74 bits per heavy atom. The van der Waals surface area contributed by atoms with Crippen molar-refractivity contribution in [3.05, 3.63) is 39.9 Å². The third-order valence-electron chi connectivity index (χ3n) is 8.69. The van der Waals surface area contributed by atoms with Crippen LogP contribution in [0, 0.1) is 11.8 Å². The summed E-state index contributed by atoms with van der Waals surface area (Å²) < 4.78 is 5.67. The van der Waals surface area contributed by atoms with Gasteiger partial charge in [-0.05, 0) is 65.3 Å². The molecule has 46 heavy (non-hydrogen) atoms. The summed E-state index contributed by atoms with van der Waals surface area (Å²) >= 11 is 0. The van der Waals surface area contributed by atoms with Gasteiger partial charge < -0.3 is 35.6 Å². The number of fused-ring (bicyclic) bond motifs is 3. The van der Waals surface area contributed by atoms with E-state index in [0.717, 1.165) is 6.92 Å². The number of likely N-dealkylation sites (N-methyl/N-ethyl adjacent to an activating group) is 1. The molecule has 4 atom stereocenters. The molecule has 3 aliphatic carbocycles. The zero-order chi connectivity index (χ0) is 34.6. The SMILES string of the molecule is COc1c(NC(=O)CNC(C)(C)C)cc(N(C)C)c2c1C(=O)C1=C(O)[C@]3(O)C(=O)C(C(=O)NC(C)=O)=C(O)[C@@H](N(C)C)[C@@H]3C[C@@H]1C2. The van der Waals surface area contributed by atoms with Gasteiger partial charge in [0, 0.05) is 43.7 Å². The van der Waals surface area contributed by atoms with Crippen molar-refractivity contribution in [2.75, 3.05) is 52.1 Å². The first-order valence-electron chi connectivity index (χ1n) is 14.9. The Balaban J connectivity index is 1.90. The molecule has 0 saturated heterocycles. The van der Waals surface area contributed by atoms with Gasteiger partial charge in [-0.15, -0.1) is 0 Å². The number of ketones is 2. The van der Waals surface area contributed by atoms with Crippen molar-refractivity contribution in [2.45, 2.75) is 57.7 Å². The minimum atomic E-state index is -2.77. The van der Waals surface area contributed by atoms with Gasteiger partial charge in [0.2, 0.25) is 17.6 Å². The highest BCUT2D eigenvalue weighted by Gasteiger charge is 2.63. The molecule has 3 aliphatic rings. The molecule has 0 aromatic heterocycles. The summed E-state index contributed by atoms with van der Waals surface area (Å²) in [5.41, 5.74) is -2.77. The van der Waals surface area contributed by atoms with Gasteiger partial charge in [0.25, 0.3) is 5.91 Å². The molecule has 6 N–H and O–H groups in total. The predicted molar refractivity (Wildman–Crippen MR) is 169 cm³/mol. The van der Waals surface area contributed by atoms with E-state index in [0.29, 0.717) is 11.3 Å². The van der Waals surface area contributed by atoms with Crippen LogP contribution in [-0.4, -0.2) is 109 Å². The molecule has 0 spiro atoms. The molecular weight excluding hydrogens is 598 g/mol. The fourth-order valence-corrected chi connectivity index (χ4v) is 6.73. The third kappa shape index (κ3) is 5.76. The molecule has 4 rings (SSSR count). The zero-order valence-electron chi connectivity index (χ0n) is 27.6. The highest BCUT2D eigenvalue weighted by Crippen LogP contribution is 2.54. The molecule has 0 saturated carbocycles. The van der Waals surface area contributed by atoms with Crippen molar-refractivity contribution in [1.82, 2.24) is 15.5 Å². The number of methoxy groups -OCH3 is 1. The average molecular weight is 642 g/mol. The number of aliphatic hydroxyl groups is 3. The molecule has 0 bridgehead atoms. The van der Waals surface area contributed by atoms with E-state index in [1.165, 1.54) is 12.0 Å². The highest BCUT2D eigenvalue weighted by molar-refractivity contribution is 6.27. The number of nitrogens with one attached hydrogen (secondary N) is 3. The highest BCUT2D eigenvalue weighted by atomic mass is 16.5. The van der Waals surface area contributed by atoms with Crippen LogP contribution in [0.5, 0.6) is 5.75 Å². The normalized spacial score (nSPS) is 24.3. The lowest BCUT2D eigenvalue weighted by molar-refractivity contribution is -0.149. The Bertz CT molecular complexity index is 1590. The first-order chi connectivity index (χ1) is 21.3. The number of rotatable bonds is 7. The summed E-state index contributed by atoms with van der Waals surface area (Å²) in [6.45, 7) is 6.76. The number of carbonyl (C=O) groups excluding carboxylic acids is 5. The van der Waals surface area contributed by atoms with Crippen molar-refractivity contribution in [2.24, 2.45) is 11.8 Å². The molecule has 14 heteroatoms. The van der Waals surface area contributed by atoms with Crippen molar-refractivity contribution in [1.29, 1.82) is 0 Å². The molecule has 0 heterocycles. The van der Waals surface area contributed by atoms with Crippen LogP contribution < -0.4 is 25.6 Å². The van der Waals surface area contributed by atoms with Crippen LogP contribution in [0.4, 0.5) is 11.4 Å². The van der Waals surface area contributed by atoms with Crippen LogP contribution in [0.25, 0.3) is 0 Å². The average Bonchev–Trinajstić information content (AvgIpc) is 2.92. The smallest absolute Gasteiger partial charge is 0.265 e. The number of ether oxygens (including phenoxy) is 1. The van der Waals surface area contributed by atoms with Crippen LogP contribution in [0.1, 0.15) is 50.0 Å². The van der Waals surface area contributed by atoms with Gasteiger partial charge in [-0.3, -0.25) is 34.2 Å². The second-order valence-electron chi connectivity index (χ2n) is 13.5. The van der Waals surface area contributed by atoms with E-state index in [1.54, 1.807) is 39.2 Å². The van der Waals surface area contributed by atoms with E-state index in [4.69, 9.17) is 4.74 Å². The van der Waals surface area contributed by atoms with Gasteiger partial charge in [0.05, 0.1) is 30.9 Å². The minimum absolute atomic E-state index is 0.0204. The van der Waals surface area contributed by atoms with E-state index >= 15 is 0 Å². The second-order valence-corrected chi connectivity index (χ2v) is 13.5. The Labute approximate surface area is 267 Å². The second kappa shape index (κ2) is 12.2. The van der Waals surface area contributed by atoms with Crippen LogP contribution in [0.15, 0.2) is 28.7 Å². The number of anilines is 2. The van der Waals surface area contributed by atoms with E-state index in [1.807, 2.05) is 26.1 Å². The van der Waals surface area contributed by atoms with Crippen LogP contribution in [-0.2, 0) is 25.6 Å². The number of hydrogen-bond donors (Lipinski definition) is 6. The maximum atomic E-state index is 14.4. The summed E-state index contributed by atoms with van der Waals surface area (Å²) in [4.78, 5) is 69.0. The number of hydrogen-bond acceptors (Lipinski definition) is 12. The number of carbonyl (C=O) groups is 5. The van der Waals surface area contributed by atoms with E-state index in [-0.39, 0.29) is 53.4 Å². The van der Waals surface area contributed by atoms with Crippen LogP contribution in [0.2, 0.25) is 0 Å². The van der Waals surface area contributed by atoms with Gasteiger partial charge in [0.1, 0.15) is 17.1 Å².